The molecule has 2 aromatic carbocycles. The molecule has 0 aliphatic carbocycles. The average molecular weight is 368 g/mol. The molecule has 2 rings (SSSR count). The number of carbonyl (C=O) groups is 1. The van der Waals surface area contributed by atoms with Crippen molar-refractivity contribution in [2.75, 3.05) is 11.4 Å². The smallest absolute Gasteiger partial charge is 0.270 e. The number of hydrogen-bond acceptors (Lipinski definition) is 4. The lowest BCUT2D eigenvalue weighted by Gasteiger charge is -2.23. The zero-order valence-electron chi connectivity index (χ0n) is 13.4. The van der Waals surface area contributed by atoms with Gasteiger partial charge in [0.15, 0.2) is 0 Å². The Labute approximate surface area is 146 Å². The minimum Gasteiger partial charge on any atom is -0.495 e. The number of methoxy groups -OCH3 is 1. The van der Waals surface area contributed by atoms with Crippen LogP contribution >= 0.6 is 11.6 Å². The van der Waals surface area contributed by atoms with Crippen LogP contribution in [0.15, 0.2) is 53.4 Å². The van der Waals surface area contributed by atoms with Gasteiger partial charge in [-0.1, -0.05) is 36.7 Å². The summed E-state index contributed by atoms with van der Waals surface area (Å²) in [6, 6.07) is 12.3. The van der Waals surface area contributed by atoms with Crippen LogP contribution in [0.5, 0.6) is 5.75 Å². The second kappa shape index (κ2) is 7.68. The van der Waals surface area contributed by atoms with Gasteiger partial charge < -0.3 is 4.74 Å². The van der Waals surface area contributed by atoms with Gasteiger partial charge in [-0.2, -0.15) is 0 Å². The molecule has 0 spiro atoms. The number of sulfonamides is 1. The highest BCUT2D eigenvalue weighted by Gasteiger charge is 2.30. The van der Waals surface area contributed by atoms with E-state index in [9.17, 15) is 13.2 Å². The number of hydrogen-bond donors (Lipinski definition) is 0. The Morgan fingerprint density at radius 3 is 2.38 bits per heavy atom. The Morgan fingerprint density at radius 1 is 1.17 bits per heavy atom. The van der Waals surface area contributed by atoms with Gasteiger partial charge in [0.1, 0.15) is 5.75 Å². The summed E-state index contributed by atoms with van der Waals surface area (Å²) >= 11 is 6.09. The van der Waals surface area contributed by atoms with Gasteiger partial charge in [0, 0.05) is 6.42 Å². The molecule has 24 heavy (non-hydrogen) atoms. The number of carbonyl (C=O) groups excluding carboxylic acids is 1. The van der Waals surface area contributed by atoms with Crippen molar-refractivity contribution in [2.24, 2.45) is 0 Å². The molecule has 0 radical (unpaired) electrons. The van der Waals surface area contributed by atoms with E-state index in [4.69, 9.17) is 16.3 Å². The number of ether oxygens (including phenoxy) is 1. The fraction of sp³-hybridized carbons (Fsp3) is 0.235. The topological polar surface area (TPSA) is 63.7 Å². The van der Waals surface area contributed by atoms with Crippen molar-refractivity contribution in [3.8, 4) is 5.75 Å². The molecule has 0 heterocycles. The van der Waals surface area contributed by atoms with Crippen LogP contribution < -0.4 is 9.04 Å². The molecule has 0 atom stereocenters. The van der Waals surface area contributed by atoms with E-state index in [0.29, 0.717) is 12.2 Å². The minimum absolute atomic E-state index is 0.0430. The Balaban J connectivity index is 2.58. The third-order valence-corrected chi connectivity index (χ3v) is 5.40. The molecule has 128 valence electrons. The SMILES string of the molecule is CCCC(=O)N(c1ccc(OC)c(Cl)c1)S(=O)(=O)c1ccccc1. The summed E-state index contributed by atoms with van der Waals surface area (Å²) in [5, 5.41) is 0.229. The molecule has 0 unspecified atom stereocenters. The number of rotatable bonds is 6. The quantitative estimate of drug-likeness (QED) is 0.777. The lowest BCUT2D eigenvalue weighted by Crippen LogP contribution is -2.36. The van der Waals surface area contributed by atoms with Crippen LogP contribution in [0.2, 0.25) is 5.02 Å². The Bertz CT molecular complexity index is 822. The molecule has 2 aromatic rings. The Kier molecular flexibility index (Phi) is 5.85. The molecule has 0 aromatic heterocycles. The van der Waals surface area contributed by atoms with Crippen molar-refractivity contribution in [3.05, 3.63) is 53.6 Å². The molecular formula is C17H18ClNO4S. The van der Waals surface area contributed by atoms with E-state index in [2.05, 4.69) is 0 Å². The van der Waals surface area contributed by atoms with Gasteiger partial charge in [-0.15, -0.1) is 0 Å². The monoisotopic (exact) mass is 367 g/mol. The van der Waals surface area contributed by atoms with Crippen LogP contribution in [0, 0.1) is 0 Å². The molecule has 0 aliphatic heterocycles. The predicted octanol–water partition coefficient (Wildman–Crippen LogP) is 3.87. The lowest BCUT2D eigenvalue weighted by atomic mass is 10.2. The molecule has 0 fully saturated rings. The van der Waals surface area contributed by atoms with Crippen LogP contribution in [0.1, 0.15) is 19.8 Å². The molecule has 5 nitrogen and oxygen atoms in total. The average Bonchev–Trinajstić information content (AvgIpc) is 2.56. The normalized spacial score (nSPS) is 11.1. The summed E-state index contributed by atoms with van der Waals surface area (Å²) in [7, 11) is -2.57. The van der Waals surface area contributed by atoms with Gasteiger partial charge in [-0.3, -0.25) is 4.79 Å². The van der Waals surface area contributed by atoms with Crippen LogP contribution in [-0.2, 0) is 14.8 Å². The highest BCUT2D eigenvalue weighted by molar-refractivity contribution is 7.93. The van der Waals surface area contributed by atoms with Gasteiger partial charge >= 0.3 is 0 Å². The van der Waals surface area contributed by atoms with Crippen molar-refractivity contribution >= 4 is 33.2 Å². The van der Waals surface area contributed by atoms with Crippen LogP contribution in [0.25, 0.3) is 0 Å². The third-order valence-electron chi connectivity index (χ3n) is 3.34. The van der Waals surface area contributed by atoms with Crippen LogP contribution in [0.3, 0.4) is 0 Å². The lowest BCUT2D eigenvalue weighted by molar-refractivity contribution is -0.117. The second-order valence-corrected chi connectivity index (χ2v) is 7.24. The summed E-state index contributed by atoms with van der Waals surface area (Å²) in [4.78, 5) is 12.5. The van der Waals surface area contributed by atoms with Crippen LogP contribution in [-0.4, -0.2) is 21.4 Å². The summed E-state index contributed by atoms with van der Waals surface area (Å²) in [5.41, 5.74) is 0.183. The van der Waals surface area contributed by atoms with E-state index in [-0.39, 0.29) is 22.0 Å². The zero-order valence-corrected chi connectivity index (χ0v) is 15.0. The molecule has 0 saturated heterocycles. The molecular weight excluding hydrogens is 350 g/mol. The van der Waals surface area contributed by atoms with Crippen LogP contribution in [0.4, 0.5) is 5.69 Å². The summed E-state index contributed by atoms with van der Waals surface area (Å²) in [6.07, 6.45) is 0.638. The molecule has 7 heteroatoms. The number of halogens is 1. The molecule has 1 amide bonds. The van der Waals surface area contributed by atoms with Gasteiger partial charge in [-0.05, 0) is 36.8 Å². The van der Waals surface area contributed by atoms with Gasteiger partial charge in [-0.25, -0.2) is 12.7 Å². The van der Waals surface area contributed by atoms with E-state index >= 15 is 0 Å². The number of amides is 1. The van der Waals surface area contributed by atoms with Gasteiger partial charge in [0.25, 0.3) is 10.0 Å². The Hall–Kier alpha value is -2.05. The summed E-state index contributed by atoms with van der Waals surface area (Å²) < 4.78 is 31.8. The maximum atomic E-state index is 12.9. The standard InChI is InChI=1S/C17H18ClNO4S/c1-3-7-17(20)19(13-10-11-16(23-2)15(18)12-13)24(21,22)14-8-5-4-6-9-14/h4-6,8-12H,3,7H2,1-2H3. The number of nitrogens with zero attached hydrogens (tertiary/aromatic N) is 1. The third kappa shape index (κ3) is 3.71. The van der Waals surface area contributed by atoms with E-state index in [1.54, 1.807) is 18.2 Å². The fourth-order valence-electron chi connectivity index (χ4n) is 2.21. The van der Waals surface area contributed by atoms with Gasteiger partial charge in [0.2, 0.25) is 5.91 Å². The van der Waals surface area contributed by atoms with Crippen molar-refractivity contribution in [3.63, 3.8) is 0 Å². The number of anilines is 1. The van der Waals surface area contributed by atoms with Crippen molar-refractivity contribution in [1.29, 1.82) is 0 Å². The first-order chi connectivity index (χ1) is 11.4. The minimum atomic E-state index is -4.03. The maximum absolute atomic E-state index is 12.9. The molecule has 0 N–H and O–H groups in total. The van der Waals surface area contributed by atoms with E-state index in [1.165, 1.54) is 37.4 Å². The van der Waals surface area contributed by atoms with Gasteiger partial charge in [0.05, 0.1) is 22.7 Å². The van der Waals surface area contributed by atoms with E-state index in [1.807, 2.05) is 6.92 Å². The highest BCUT2D eigenvalue weighted by atomic mass is 35.5. The first-order valence-corrected chi connectivity index (χ1v) is 9.20. The van der Waals surface area contributed by atoms with Crippen molar-refractivity contribution in [2.45, 2.75) is 24.7 Å². The maximum Gasteiger partial charge on any atom is 0.270 e. The zero-order chi connectivity index (χ0) is 17.7. The largest absolute Gasteiger partial charge is 0.495 e. The fourth-order valence-corrected chi connectivity index (χ4v) is 3.93. The molecule has 0 saturated carbocycles. The summed E-state index contributed by atoms with van der Waals surface area (Å²) in [6.45, 7) is 1.81. The Morgan fingerprint density at radius 2 is 1.83 bits per heavy atom. The molecule has 0 bridgehead atoms. The first-order valence-electron chi connectivity index (χ1n) is 7.38. The predicted molar refractivity (Wildman–Crippen MR) is 94.0 cm³/mol. The highest BCUT2D eigenvalue weighted by Crippen LogP contribution is 2.32. The summed E-state index contributed by atoms with van der Waals surface area (Å²) in [5.74, 6) is -0.108. The second-order valence-electron chi connectivity index (χ2n) is 5.05. The number of benzene rings is 2. The van der Waals surface area contributed by atoms with E-state index < -0.39 is 15.9 Å². The molecule has 0 aliphatic rings. The van der Waals surface area contributed by atoms with E-state index in [0.717, 1.165) is 4.31 Å². The van der Waals surface area contributed by atoms with Crippen molar-refractivity contribution in [1.82, 2.24) is 0 Å². The van der Waals surface area contributed by atoms with Crippen molar-refractivity contribution < 1.29 is 17.9 Å². The first kappa shape index (κ1) is 18.3.